The molecule has 1 saturated heterocycles. The molecule has 10 heavy (non-hydrogen) atoms. The van der Waals surface area contributed by atoms with Gasteiger partial charge in [0.15, 0.2) is 0 Å². The predicted molar refractivity (Wildman–Crippen MR) is 55.1 cm³/mol. The first-order valence-electron chi connectivity index (χ1n) is 3.11. The minimum atomic E-state index is 1.10. The molecular weight excluding hydrogens is 204 g/mol. The van der Waals surface area contributed by atoms with Gasteiger partial charge in [0.05, 0.1) is 0 Å². The third kappa shape index (κ3) is 2.75. The van der Waals surface area contributed by atoms with Crippen LogP contribution in [0.15, 0.2) is 0 Å². The Morgan fingerprint density at radius 1 is 0.800 bits per heavy atom. The van der Waals surface area contributed by atoms with E-state index in [9.17, 15) is 0 Å². The lowest BCUT2D eigenvalue weighted by Crippen LogP contribution is -2.12. The largest absolute Gasteiger partial charge is 0.173 e. The topological polar surface area (TPSA) is 6.48 Å². The van der Waals surface area contributed by atoms with Crippen molar-refractivity contribution in [3.63, 3.8) is 0 Å². The second-order valence-corrected chi connectivity index (χ2v) is 6.21. The van der Waals surface area contributed by atoms with Crippen molar-refractivity contribution in [2.24, 2.45) is 0 Å². The normalized spacial score (nSPS) is 23.4. The average Bonchev–Trinajstić information content (AvgIpc) is 2.05. The first kappa shape index (κ1) is 9.41. The van der Waals surface area contributed by atoms with Crippen LogP contribution in [0.5, 0.6) is 0 Å². The molecule has 1 rings (SSSR count). The molecule has 0 aromatic heterocycles. The standard InChI is InChI=1S/C4H10N2S4/c1-3-5-7-9-6(4-2)10-8-5/h3-4H2,1-2H3. The van der Waals surface area contributed by atoms with Gasteiger partial charge in [-0.15, -0.1) is 0 Å². The maximum absolute atomic E-state index is 2.27. The van der Waals surface area contributed by atoms with Crippen molar-refractivity contribution in [3.8, 4) is 0 Å². The lowest BCUT2D eigenvalue weighted by atomic mass is 10.8. The molecule has 6 heteroatoms. The van der Waals surface area contributed by atoms with Crippen molar-refractivity contribution < 1.29 is 0 Å². The van der Waals surface area contributed by atoms with Gasteiger partial charge >= 0.3 is 0 Å². The Balaban J connectivity index is 2.17. The maximum Gasteiger partial charge on any atom is 0.0209 e. The molecule has 0 atom stereocenters. The Hall–Kier alpha value is 1.32. The van der Waals surface area contributed by atoms with E-state index in [-0.39, 0.29) is 0 Å². The summed E-state index contributed by atoms with van der Waals surface area (Å²) < 4.78 is 4.53. The highest BCUT2D eigenvalue weighted by Gasteiger charge is 2.17. The van der Waals surface area contributed by atoms with Crippen LogP contribution in [0.2, 0.25) is 0 Å². The summed E-state index contributed by atoms with van der Waals surface area (Å²) in [7, 11) is 7.26. The monoisotopic (exact) mass is 214 g/mol. The summed E-state index contributed by atoms with van der Waals surface area (Å²) in [4.78, 5) is 0. The first-order chi connectivity index (χ1) is 4.86. The van der Waals surface area contributed by atoms with Crippen LogP contribution in [-0.2, 0) is 0 Å². The highest BCUT2D eigenvalue weighted by molar-refractivity contribution is 8.88. The Morgan fingerprint density at radius 3 is 1.30 bits per heavy atom. The van der Waals surface area contributed by atoms with Gasteiger partial charge in [-0.05, 0) is 0 Å². The summed E-state index contributed by atoms with van der Waals surface area (Å²) in [6, 6.07) is 0. The van der Waals surface area contributed by atoms with Gasteiger partial charge in [-0.25, -0.2) is 0 Å². The third-order valence-corrected chi connectivity index (χ3v) is 7.33. The third-order valence-electron chi connectivity index (χ3n) is 0.916. The first-order valence-corrected chi connectivity index (χ1v) is 7.24. The van der Waals surface area contributed by atoms with Gasteiger partial charge in [0.2, 0.25) is 0 Å². The van der Waals surface area contributed by atoms with Crippen molar-refractivity contribution in [1.82, 2.24) is 7.42 Å². The van der Waals surface area contributed by atoms with Crippen LogP contribution in [0.3, 0.4) is 0 Å². The van der Waals surface area contributed by atoms with Crippen LogP contribution >= 0.6 is 43.9 Å². The Kier molecular flexibility index (Phi) is 4.75. The summed E-state index contributed by atoms with van der Waals surface area (Å²) in [5, 5.41) is 0. The van der Waals surface area contributed by atoms with E-state index < -0.39 is 0 Å². The van der Waals surface area contributed by atoms with Crippen LogP contribution in [-0.4, -0.2) is 20.5 Å². The second-order valence-electron chi connectivity index (χ2n) is 1.60. The van der Waals surface area contributed by atoms with Crippen LogP contribution in [0, 0.1) is 0 Å². The van der Waals surface area contributed by atoms with Crippen molar-refractivity contribution in [2.45, 2.75) is 13.8 Å². The molecule has 0 aromatic rings. The molecule has 0 spiro atoms. The molecule has 60 valence electrons. The zero-order valence-corrected chi connectivity index (χ0v) is 9.21. The zero-order valence-electron chi connectivity index (χ0n) is 5.94. The molecule has 0 amide bonds. The summed E-state index contributed by atoms with van der Waals surface area (Å²) >= 11 is 0. The van der Waals surface area contributed by atoms with E-state index in [4.69, 9.17) is 0 Å². The van der Waals surface area contributed by atoms with E-state index in [2.05, 4.69) is 21.3 Å². The molecule has 0 saturated carbocycles. The van der Waals surface area contributed by atoms with Gasteiger partial charge in [-0.3, -0.25) is 0 Å². The van der Waals surface area contributed by atoms with E-state index in [0.717, 1.165) is 13.1 Å². The molecule has 1 fully saturated rings. The van der Waals surface area contributed by atoms with Gasteiger partial charge in [-0.2, -0.15) is 7.42 Å². The molecule has 1 aliphatic heterocycles. The molecule has 0 aliphatic carbocycles. The van der Waals surface area contributed by atoms with Gasteiger partial charge in [0.1, 0.15) is 0 Å². The average molecular weight is 214 g/mol. The van der Waals surface area contributed by atoms with Crippen molar-refractivity contribution in [3.05, 3.63) is 0 Å². The highest BCUT2D eigenvalue weighted by Crippen LogP contribution is 2.50. The summed E-state index contributed by atoms with van der Waals surface area (Å²) in [5.41, 5.74) is 0. The molecule has 1 heterocycles. The quantitative estimate of drug-likeness (QED) is 0.511. The highest BCUT2D eigenvalue weighted by atomic mass is 33.2. The van der Waals surface area contributed by atoms with Crippen LogP contribution < -0.4 is 0 Å². The molecule has 0 bridgehead atoms. The maximum atomic E-state index is 2.27. The van der Waals surface area contributed by atoms with E-state index >= 15 is 0 Å². The predicted octanol–water partition coefficient (Wildman–Crippen LogP) is 3.07. The minimum absolute atomic E-state index is 1.10. The molecular formula is C4H10N2S4. The van der Waals surface area contributed by atoms with Crippen LogP contribution in [0.1, 0.15) is 13.8 Å². The Morgan fingerprint density at radius 2 is 1.10 bits per heavy atom. The van der Waals surface area contributed by atoms with E-state index in [1.807, 2.05) is 43.9 Å². The van der Waals surface area contributed by atoms with Crippen molar-refractivity contribution >= 4 is 43.9 Å². The molecule has 2 nitrogen and oxygen atoms in total. The Labute approximate surface area is 78.2 Å². The summed E-state index contributed by atoms with van der Waals surface area (Å²) in [6.45, 7) is 6.55. The van der Waals surface area contributed by atoms with Gasteiger partial charge in [0.25, 0.3) is 0 Å². The smallest absolute Gasteiger partial charge is 0.0209 e. The van der Waals surface area contributed by atoms with Gasteiger partial charge in [0, 0.05) is 57.0 Å². The van der Waals surface area contributed by atoms with E-state index in [0.29, 0.717) is 0 Å². The molecule has 1 aliphatic rings. The Bertz CT molecular complexity index is 81.3. The van der Waals surface area contributed by atoms with E-state index in [1.54, 1.807) is 0 Å². The van der Waals surface area contributed by atoms with Gasteiger partial charge < -0.3 is 0 Å². The SMILES string of the molecule is CCN1SSN(CC)SS1. The number of hydrogen-bond donors (Lipinski definition) is 0. The van der Waals surface area contributed by atoms with Crippen LogP contribution in [0.4, 0.5) is 0 Å². The summed E-state index contributed by atoms with van der Waals surface area (Å²) in [6.07, 6.45) is 0. The lowest BCUT2D eigenvalue weighted by Gasteiger charge is -2.27. The number of nitrogens with zero attached hydrogens (tertiary/aromatic N) is 2. The fourth-order valence-electron chi connectivity index (χ4n) is 0.384. The molecule has 0 aromatic carbocycles. The minimum Gasteiger partial charge on any atom is -0.173 e. The molecule has 0 N–H and O–H groups in total. The number of rotatable bonds is 2. The fraction of sp³-hybridized carbons (Fsp3) is 1.00. The van der Waals surface area contributed by atoms with Crippen molar-refractivity contribution in [1.29, 1.82) is 0 Å². The molecule has 0 radical (unpaired) electrons. The number of hydrogen-bond acceptors (Lipinski definition) is 6. The summed E-state index contributed by atoms with van der Waals surface area (Å²) in [5.74, 6) is 0. The van der Waals surface area contributed by atoms with Crippen LogP contribution in [0.25, 0.3) is 0 Å². The fourth-order valence-corrected chi connectivity index (χ4v) is 6.23. The second kappa shape index (κ2) is 5.05. The van der Waals surface area contributed by atoms with E-state index in [1.165, 1.54) is 0 Å². The van der Waals surface area contributed by atoms with Crippen molar-refractivity contribution in [2.75, 3.05) is 13.1 Å². The lowest BCUT2D eigenvalue weighted by molar-refractivity contribution is 0.779. The molecule has 0 unspecified atom stereocenters. The zero-order chi connectivity index (χ0) is 7.40. The van der Waals surface area contributed by atoms with Gasteiger partial charge in [-0.1, -0.05) is 13.8 Å².